The summed E-state index contributed by atoms with van der Waals surface area (Å²) < 4.78 is 0. The fourth-order valence-corrected chi connectivity index (χ4v) is 1.48. The molecule has 94 valence electrons. The van der Waals surface area contributed by atoms with Crippen LogP contribution in [0.4, 0.5) is 5.69 Å². The van der Waals surface area contributed by atoms with E-state index in [-0.39, 0.29) is 18.9 Å². The highest BCUT2D eigenvalue weighted by atomic mass is 16.3. The normalized spacial score (nSPS) is 14.1. The number of benzene rings is 1. The average Bonchev–Trinajstić information content (AvgIpc) is 2.28. The van der Waals surface area contributed by atoms with Crippen LogP contribution in [0.3, 0.4) is 0 Å². The van der Waals surface area contributed by atoms with Gasteiger partial charge in [-0.25, -0.2) is 0 Å². The number of hydrogen-bond acceptors (Lipinski definition) is 4. The summed E-state index contributed by atoms with van der Waals surface area (Å²) in [5.74, 6) is -0.168. The molecule has 1 aromatic rings. The summed E-state index contributed by atoms with van der Waals surface area (Å²) in [7, 11) is 0. The molecule has 0 fully saturated rings. The number of amides is 1. The summed E-state index contributed by atoms with van der Waals surface area (Å²) in [4.78, 5) is 10.8. The highest BCUT2D eigenvalue weighted by Gasteiger charge is 2.17. The first-order chi connectivity index (χ1) is 8.04. The van der Waals surface area contributed by atoms with Gasteiger partial charge in [0.1, 0.15) is 6.10 Å². The van der Waals surface area contributed by atoms with E-state index < -0.39 is 12.2 Å². The lowest BCUT2D eigenvalue weighted by Gasteiger charge is -2.17. The molecule has 0 radical (unpaired) electrons. The molecule has 0 bridgehead atoms. The van der Waals surface area contributed by atoms with Gasteiger partial charge in [-0.05, 0) is 24.1 Å². The Bertz CT molecular complexity index is 363. The van der Waals surface area contributed by atoms with E-state index in [1.54, 1.807) is 24.3 Å². The summed E-state index contributed by atoms with van der Waals surface area (Å²) >= 11 is 0. The van der Waals surface area contributed by atoms with Crippen molar-refractivity contribution in [3.05, 3.63) is 29.8 Å². The average molecular weight is 239 g/mol. The number of aliphatic hydroxyl groups is 3. The van der Waals surface area contributed by atoms with Crippen LogP contribution < -0.4 is 5.32 Å². The number of carbonyl (C=O) groups is 1. The zero-order valence-corrected chi connectivity index (χ0v) is 9.63. The van der Waals surface area contributed by atoms with E-state index in [9.17, 15) is 15.0 Å². The molecule has 2 unspecified atom stereocenters. The molecule has 4 N–H and O–H groups in total. The zero-order valence-electron chi connectivity index (χ0n) is 9.63. The van der Waals surface area contributed by atoms with Crippen molar-refractivity contribution in [1.29, 1.82) is 0 Å². The van der Waals surface area contributed by atoms with Crippen molar-refractivity contribution in [2.45, 2.75) is 25.6 Å². The Hall–Kier alpha value is -1.43. The molecule has 0 aromatic heterocycles. The molecule has 0 saturated heterocycles. The fourth-order valence-electron chi connectivity index (χ4n) is 1.48. The standard InChI is InChI=1S/C12H17NO4/c1-8(15)13-10-4-2-9(3-5-10)12(17)11(16)6-7-14/h2-5,11-12,14,16-17H,6-7H2,1H3,(H,13,15). The highest BCUT2D eigenvalue weighted by Crippen LogP contribution is 2.20. The van der Waals surface area contributed by atoms with Crippen LogP contribution in [-0.2, 0) is 4.79 Å². The molecule has 17 heavy (non-hydrogen) atoms. The Morgan fingerprint density at radius 3 is 2.35 bits per heavy atom. The zero-order chi connectivity index (χ0) is 12.8. The Labute approximate surface area is 99.7 Å². The summed E-state index contributed by atoms with van der Waals surface area (Å²) in [5.41, 5.74) is 1.17. The van der Waals surface area contributed by atoms with Gasteiger partial charge in [-0.3, -0.25) is 4.79 Å². The number of anilines is 1. The highest BCUT2D eigenvalue weighted by molar-refractivity contribution is 5.88. The summed E-state index contributed by atoms with van der Waals surface area (Å²) in [6, 6.07) is 6.53. The molecule has 1 rings (SSSR count). The Morgan fingerprint density at radius 2 is 1.88 bits per heavy atom. The maximum absolute atomic E-state index is 10.8. The molecular formula is C12H17NO4. The third-order valence-corrected chi connectivity index (χ3v) is 2.36. The number of carbonyl (C=O) groups excluding carboxylic acids is 1. The van der Waals surface area contributed by atoms with E-state index in [2.05, 4.69) is 5.32 Å². The second-order valence-corrected chi connectivity index (χ2v) is 3.83. The molecule has 1 amide bonds. The van der Waals surface area contributed by atoms with Crippen molar-refractivity contribution in [3.8, 4) is 0 Å². The molecule has 5 heteroatoms. The first-order valence-corrected chi connectivity index (χ1v) is 5.39. The van der Waals surface area contributed by atoms with Crippen LogP contribution in [0.25, 0.3) is 0 Å². The summed E-state index contributed by atoms with van der Waals surface area (Å²) in [5, 5.41) is 30.5. The van der Waals surface area contributed by atoms with Gasteiger partial charge in [0.2, 0.25) is 5.91 Å². The lowest BCUT2D eigenvalue weighted by molar-refractivity contribution is -0.114. The maximum Gasteiger partial charge on any atom is 0.221 e. The van der Waals surface area contributed by atoms with E-state index in [0.717, 1.165) is 0 Å². The summed E-state index contributed by atoms with van der Waals surface area (Å²) in [6.07, 6.45) is -1.91. The van der Waals surface area contributed by atoms with Gasteiger partial charge in [0.05, 0.1) is 6.10 Å². The molecule has 2 atom stereocenters. The van der Waals surface area contributed by atoms with Crippen LogP contribution in [0, 0.1) is 0 Å². The predicted octanol–water partition coefficient (Wildman–Crippen LogP) is 0.422. The van der Waals surface area contributed by atoms with E-state index >= 15 is 0 Å². The molecule has 5 nitrogen and oxygen atoms in total. The number of aliphatic hydroxyl groups excluding tert-OH is 3. The van der Waals surface area contributed by atoms with Crippen molar-refractivity contribution in [2.75, 3.05) is 11.9 Å². The number of hydrogen-bond donors (Lipinski definition) is 4. The second kappa shape index (κ2) is 6.34. The van der Waals surface area contributed by atoms with E-state index in [4.69, 9.17) is 5.11 Å². The molecule has 0 aliphatic rings. The number of nitrogens with one attached hydrogen (secondary N) is 1. The van der Waals surface area contributed by atoms with Gasteiger partial charge in [0.15, 0.2) is 0 Å². The molecule has 1 aromatic carbocycles. The van der Waals surface area contributed by atoms with Gasteiger partial charge in [-0.2, -0.15) is 0 Å². The minimum atomic E-state index is -1.03. The minimum absolute atomic E-state index is 0.120. The van der Waals surface area contributed by atoms with Crippen LogP contribution in [0.5, 0.6) is 0 Å². The Balaban J connectivity index is 2.69. The molecule has 0 aliphatic heterocycles. The smallest absolute Gasteiger partial charge is 0.221 e. The van der Waals surface area contributed by atoms with Gasteiger partial charge < -0.3 is 20.6 Å². The van der Waals surface area contributed by atoms with Gasteiger partial charge in [-0.15, -0.1) is 0 Å². The van der Waals surface area contributed by atoms with Crippen LogP contribution in [0.2, 0.25) is 0 Å². The summed E-state index contributed by atoms with van der Waals surface area (Å²) in [6.45, 7) is 1.23. The van der Waals surface area contributed by atoms with Crippen molar-refractivity contribution in [2.24, 2.45) is 0 Å². The third kappa shape index (κ3) is 4.14. The third-order valence-electron chi connectivity index (χ3n) is 2.36. The predicted molar refractivity (Wildman–Crippen MR) is 63.4 cm³/mol. The SMILES string of the molecule is CC(=O)Nc1ccc(C(O)C(O)CCO)cc1. The number of rotatable bonds is 5. The van der Waals surface area contributed by atoms with Crippen LogP contribution in [0.1, 0.15) is 25.0 Å². The molecule has 0 heterocycles. The lowest BCUT2D eigenvalue weighted by Crippen LogP contribution is -2.19. The van der Waals surface area contributed by atoms with E-state index in [0.29, 0.717) is 11.3 Å². The van der Waals surface area contributed by atoms with E-state index in [1.165, 1.54) is 6.92 Å². The Kier molecular flexibility index (Phi) is 5.09. The maximum atomic E-state index is 10.8. The van der Waals surface area contributed by atoms with Crippen LogP contribution in [0.15, 0.2) is 24.3 Å². The monoisotopic (exact) mass is 239 g/mol. The first-order valence-electron chi connectivity index (χ1n) is 5.39. The van der Waals surface area contributed by atoms with Gasteiger partial charge in [0, 0.05) is 19.2 Å². The quantitative estimate of drug-likeness (QED) is 0.599. The van der Waals surface area contributed by atoms with Crippen molar-refractivity contribution in [3.63, 3.8) is 0 Å². The lowest BCUT2D eigenvalue weighted by atomic mass is 10.0. The van der Waals surface area contributed by atoms with Gasteiger partial charge in [0.25, 0.3) is 0 Å². The van der Waals surface area contributed by atoms with Crippen molar-refractivity contribution in [1.82, 2.24) is 0 Å². The second-order valence-electron chi connectivity index (χ2n) is 3.83. The molecule has 0 aliphatic carbocycles. The molecule has 0 spiro atoms. The van der Waals surface area contributed by atoms with Crippen molar-refractivity contribution < 1.29 is 20.1 Å². The van der Waals surface area contributed by atoms with Crippen LogP contribution >= 0.6 is 0 Å². The van der Waals surface area contributed by atoms with Crippen LogP contribution in [-0.4, -0.2) is 33.9 Å². The molecule has 0 saturated carbocycles. The first kappa shape index (κ1) is 13.6. The Morgan fingerprint density at radius 1 is 1.29 bits per heavy atom. The van der Waals surface area contributed by atoms with Crippen molar-refractivity contribution >= 4 is 11.6 Å². The largest absolute Gasteiger partial charge is 0.396 e. The molecular weight excluding hydrogens is 222 g/mol. The topological polar surface area (TPSA) is 89.8 Å². The van der Waals surface area contributed by atoms with Gasteiger partial charge >= 0.3 is 0 Å². The van der Waals surface area contributed by atoms with Gasteiger partial charge in [-0.1, -0.05) is 12.1 Å². The minimum Gasteiger partial charge on any atom is -0.396 e. The fraction of sp³-hybridized carbons (Fsp3) is 0.417. The van der Waals surface area contributed by atoms with E-state index in [1.807, 2.05) is 0 Å².